The van der Waals surface area contributed by atoms with Gasteiger partial charge in [0.05, 0.1) is 11.1 Å². The first kappa shape index (κ1) is 24.5. The third-order valence-corrected chi connectivity index (χ3v) is 5.61. The van der Waals surface area contributed by atoms with Gasteiger partial charge in [0.1, 0.15) is 18.2 Å². The number of nitrogens with zero attached hydrogens (tertiary/aromatic N) is 2. The maximum atomic E-state index is 13.5. The number of hydrogen-bond acceptors (Lipinski definition) is 6. The van der Waals surface area contributed by atoms with Gasteiger partial charge < -0.3 is 20.7 Å². The number of carbonyl (C=O) groups excluding carboxylic acids is 1. The van der Waals surface area contributed by atoms with E-state index in [-0.39, 0.29) is 29.6 Å². The summed E-state index contributed by atoms with van der Waals surface area (Å²) in [7, 11) is 0. The smallest absolute Gasteiger partial charge is 0.416 e. The Kier molecular flexibility index (Phi) is 7.81. The number of amides is 1. The van der Waals surface area contributed by atoms with Gasteiger partial charge in [-0.05, 0) is 67.8 Å². The average molecular weight is 486 g/mol. The quantitative estimate of drug-likeness (QED) is 0.413. The fourth-order valence-corrected chi connectivity index (χ4v) is 3.82. The topological polar surface area (TPSA) is 88.2 Å². The number of carbonyl (C=O) groups is 1. The van der Waals surface area contributed by atoms with Crippen molar-refractivity contribution in [3.63, 3.8) is 0 Å². The average Bonchev–Trinajstić information content (AvgIpc) is 3.37. The van der Waals surface area contributed by atoms with E-state index >= 15 is 0 Å². The van der Waals surface area contributed by atoms with Crippen molar-refractivity contribution < 1.29 is 22.7 Å². The highest BCUT2D eigenvalue weighted by atomic mass is 19.4. The van der Waals surface area contributed by atoms with Gasteiger partial charge in [0.25, 0.3) is 5.91 Å². The molecule has 0 radical (unpaired) electrons. The predicted octanol–water partition coefficient (Wildman–Crippen LogP) is 4.53. The Bertz CT molecular complexity index is 1140. The molecule has 0 aliphatic carbocycles. The summed E-state index contributed by atoms with van der Waals surface area (Å²) in [5.74, 6) is -0.187. The van der Waals surface area contributed by atoms with Crippen molar-refractivity contribution in [1.29, 1.82) is 0 Å². The molecule has 3 heterocycles. The highest BCUT2D eigenvalue weighted by Gasteiger charge is 2.32. The van der Waals surface area contributed by atoms with Crippen LogP contribution in [0.15, 0.2) is 61.1 Å². The SMILES string of the molecule is O=C(Nc1cc(OC[C@@H]2CCCN2)cc(C(F)(F)F)c1)c1cccnc1NCCc1ccncc1. The Hall–Kier alpha value is -3.66. The van der Waals surface area contributed by atoms with Gasteiger partial charge in [-0.25, -0.2) is 4.98 Å². The van der Waals surface area contributed by atoms with Gasteiger partial charge in [-0.2, -0.15) is 13.2 Å². The second-order valence-corrected chi connectivity index (χ2v) is 8.23. The zero-order valence-electron chi connectivity index (χ0n) is 18.9. The van der Waals surface area contributed by atoms with Crippen molar-refractivity contribution in [2.75, 3.05) is 30.3 Å². The zero-order valence-corrected chi connectivity index (χ0v) is 18.9. The van der Waals surface area contributed by atoms with Gasteiger partial charge in [0.15, 0.2) is 0 Å². The Balaban J connectivity index is 1.47. The van der Waals surface area contributed by atoms with Crippen LogP contribution in [-0.4, -0.2) is 41.6 Å². The number of alkyl halides is 3. The molecule has 0 bridgehead atoms. The number of nitrogens with one attached hydrogen (secondary N) is 3. The van der Waals surface area contributed by atoms with Crippen molar-refractivity contribution >= 4 is 17.4 Å². The standard InChI is InChI=1S/C25H26F3N5O2/c26-25(27,28)18-13-20(15-21(14-18)35-16-19-3-1-8-30-19)33-24(34)22-4-2-9-31-23(22)32-12-7-17-5-10-29-11-6-17/h2,4-6,9-11,13-15,19,30H,1,3,7-8,12,16H2,(H,31,32)(H,33,34)/t19-/m0/s1. The zero-order chi connectivity index (χ0) is 24.7. The summed E-state index contributed by atoms with van der Waals surface area (Å²) in [4.78, 5) is 21.2. The minimum Gasteiger partial charge on any atom is -0.492 e. The van der Waals surface area contributed by atoms with Gasteiger partial charge in [0, 0.05) is 42.9 Å². The molecule has 35 heavy (non-hydrogen) atoms. The summed E-state index contributed by atoms with van der Waals surface area (Å²) < 4.78 is 46.1. The lowest BCUT2D eigenvalue weighted by Crippen LogP contribution is -2.28. The van der Waals surface area contributed by atoms with E-state index in [1.54, 1.807) is 30.7 Å². The second-order valence-electron chi connectivity index (χ2n) is 8.23. The molecular formula is C25H26F3N5O2. The first-order valence-electron chi connectivity index (χ1n) is 11.4. The molecule has 0 spiro atoms. The molecule has 4 rings (SSSR count). The molecule has 7 nitrogen and oxygen atoms in total. The number of halogens is 3. The molecule has 1 aliphatic heterocycles. The van der Waals surface area contributed by atoms with Gasteiger partial charge in [-0.3, -0.25) is 9.78 Å². The number of anilines is 2. The minimum absolute atomic E-state index is 0.00852. The van der Waals surface area contributed by atoms with E-state index in [2.05, 4.69) is 25.9 Å². The molecule has 1 amide bonds. The monoisotopic (exact) mass is 485 g/mol. The van der Waals surface area contributed by atoms with Gasteiger partial charge in [0.2, 0.25) is 0 Å². The molecule has 1 fully saturated rings. The van der Waals surface area contributed by atoms with Crippen LogP contribution in [0.25, 0.3) is 0 Å². The summed E-state index contributed by atoms with van der Waals surface area (Å²) in [6.45, 7) is 1.63. The van der Waals surface area contributed by atoms with Crippen LogP contribution in [0.1, 0.15) is 34.3 Å². The minimum atomic E-state index is -4.58. The Labute approximate surface area is 201 Å². The fourth-order valence-electron chi connectivity index (χ4n) is 3.82. The van der Waals surface area contributed by atoms with E-state index in [1.807, 2.05) is 12.1 Å². The maximum absolute atomic E-state index is 13.5. The van der Waals surface area contributed by atoms with Crippen LogP contribution in [0.2, 0.25) is 0 Å². The number of hydrogen-bond donors (Lipinski definition) is 3. The number of rotatable bonds is 9. The molecule has 10 heteroatoms. The summed E-state index contributed by atoms with van der Waals surface area (Å²) in [5, 5.41) is 8.93. The highest BCUT2D eigenvalue weighted by molar-refractivity contribution is 6.07. The number of ether oxygens (including phenoxy) is 1. The van der Waals surface area contributed by atoms with E-state index in [4.69, 9.17) is 4.74 Å². The van der Waals surface area contributed by atoms with Crippen LogP contribution in [0.4, 0.5) is 24.7 Å². The van der Waals surface area contributed by atoms with Gasteiger partial charge >= 0.3 is 6.18 Å². The number of pyridine rings is 2. The van der Waals surface area contributed by atoms with Crippen molar-refractivity contribution in [3.05, 3.63) is 77.7 Å². The van der Waals surface area contributed by atoms with Crippen LogP contribution < -0.4 is 20.7 Å². The molecule has 3 aromatic rings. The number of aromatic nitrogens is 2. The lowest BCUT2D eigenvalue weighted by molar-refractivity contribution is -0.137. The van der Waals surface area contributed by atoms with E-state index in [9.17, 15) is 18.0 Å². The number of benzene rings is 1. The van der Waals surface area contributed by atoms with Crippen molar-refractivity contribution in [2.24, 2.45) is 0 Å². The second kappa shape index (κ2) is 11.2. The molecule has 0 saturated carbocycles. The molecule has 1 aromatic carbocycles. The maximum Gasteiger partial charge on any atom is 0.416 e. The Morgan fingerprint density at radius 2 is 1.97 bits per heavy atom. The first-order valence-corrected chi connectivity index (χ1v) is 11.4. The van der Waals surface area contributed by atoms with Gasteiger partial charge in [-0.15, -0.1) is 0 Å². The molecule has 2 aromatic heterocycles. The molecule has 1 saturated heterocycles. The Morgan fingerprint density at radius 1 is 1.14 bits per heavy atom. The van der Waals surface area contributed by atoms with Crippen LogP contribution in [0, 0.1) is 0 Å². The Morgan fingerprint density at radius 3 is 2.71 bits per heavy atom. The van der Waals surface area contributed by atoms with E-state index in [0.29, 0.717) is 18.8 Å². The van der Waals surface area contributed by atoms with E-state index in [1.165, 1.54) is 6.07 Å². The fraction of sp³-hybridized carbons (Fsp3) is 0.320. The van der Waals surface area contributed by atoms with E-state index < -0.39 is 17.6 Å². The first-order chi connectivity index (χ1) is 16.9. The molecule has 184 valence electrons. The molecular weight excluding hydrogens is 459 g/mol. The molecule has 0 unspecified atom stereocenters. The van der Waals surface area contributed by atoms with Crippen LogP contribution in [0.5, 0.6) is 5.75 Å². The van der Waals surface area contributed by atoms with Crippen LogP contribution >= 0.6 is 0 Å². The normalized spacial score (nSPS) is 15.6. The lowest BCUT2D eigenvalue weighted by Gasteiger charge is -2.16. The highest BCUT2D eigenvalue weighted by Crippen LogP contribution is 2.34. The molecule has 1 atom stereocenters. The third-order valence-electron chi connectivity index (χ3n) is 5.61. The van der Waals surface area contributed by atoms with Crippen molar-refractivity contribution in [2.45, 2.75) is 31.5 Å². The summed E-state index contributed by atoms with van der Waals surface area (Å²) in [6, 6.07) is 10.3. The van der Waals surface area contributed by atoms with Crippen molar-refractivity contribution in [1.82, 2.24) is 15.3 Å². The summed E-state index contributed by atoms with van der Waals surface area (Å²) in [6.07, 6.45) is 2.95. The van der Waals surface area contributed by atoms with E-state index in [0.717, 1.165) is 37.1 Å². The largest absolute Gasteiger partial charge is 0.492 e. The van der Waals surface area contributed by atoms with Crippen LogP contribution in [0.3, 0.4) is 0 Å². The van der Waals surface area contributed by atoms with Gasteiger partial charge in [-0.1, -0.05) is 0 Å². The van der Waals surface area contributed by atoms with Crippen molar-refractivity contribution in [3.8, 4) is 5.75 Å². The predicted molar refractivity (Wildman–Crippen MR) is 127 cm³/mol. The third kappa shape index (κ3) is 6.92. The van der Waals surface area contributed by atoms with Crippen LogP contribution in [-0.2, 0) is 12.6 Å². The summed E-state index contributed by atoms with van der Waals surface area (Å²) in [5.41, 5.74) is 0.383. The lowest BCUT2D eigenvalue weighted by atomic mass is 10.1. The molecule has 3 N–H and O–H groups in total. The molecule has 1 aliphatic rings. The summed E-state index contributed by atoms with van der Waals surface area (Å²) >= 11 is 0.